The van der Waals surface area contributed by atoms with Gasteiger partial charge in [-0.3, -0.25) is 0 Å². The van der Waals surface area contributed by atoms with E-state index in [0.717, 1.165) is 25.7 Å². The summed E-state index contributed by atoms with van der Waals surface area (Å²) in [5, 5.41) is 9.98. The maximum atomic E-state index is 3.49. The minimum absolute atomic E-state index is 0.863. The van der Waals surface area contributed by atoms with Crippen LogP contribution in [0.4, 0.5) is 0 Å². The van der Waals surface area contributed by atoms with Gasteiger partial charge < -0.3 is 16.0 Å². The van der Waals surface area contributed by atoms with E-state index in [-0.39, 0.29) is 0 Å². The smallest absolute Gasteiger partial charge is 0.00766 e. The Balaban J connectivity index is 1.65. The van der Waals surface area contributed by atoms with E-state index in [1.54, 1.807) is 0 Å². The van der Waals surface area contributed by atoms with E-state index in [2.05, 4.69) is 16.0 Å². The highest BCUT2D eigenvalue weighted by atomic mass is 15.0. The molecule has 0 unspecified atom stereocenters. The Labute approximate surface area is 75.3 Å². The summed E-state index contributed by atoms with van der Waals surface area (Å²) in [6, 6.07) is 0.863. The van der Waals surface area contributed by atoms with Gasteiger partial charge >= 0.3 is 0 Å². The molecule has 3 heteroatoms. The fourth-order valence-electron chi connectivity index (χ4n) is 1.15. The third-order valence-corrected chi connectivity index (χ3v) is 2.09. The minimum Gasteiger partial charge on any atom is -0.318 e. The van der Waals surface area contributed by atoms with Crippen molar-refractivity contribution in [1.29, 1.82) is 0 Å². The molecule has 0 radical (unpaired) electrons. The lowest BCUT2D eigenvalue weighted by atomic mass is 10.4. The lowest BCUT2D eigenvalue weighted by molar-refractivity contribution is 0.585. The highest BCUT2D eigenvalue weighted by Gasteiger charge is 2.19. The molecule has 3 nitrogen and oxygen atoms in total. The van der Waals surface area contributed by atoms with Crippen LogP contribution in [0.1, 0.15) is 19.3 Å². The Bertz CT molecular complexity index is 102. The minimum atomic E-state index is 0.863. The van der Waals surface area contributed by atoms with Crippen molar-refractivity contribution >= 4 is 0 Å². The van der Waals surface area contributed by atoms with Gasteiger partial charge in [0.2, 0.25) is 0 Å². The second-order valence-electron chi connectivity index (χ2n) is 3.44. The van der Waals surface area contributed by atoms with Crippen LogP contribution in [0.25, 0.3) is 0 Å². The number of hydrogen-bond acceptors (Lipinski definition) is 3. The second kappa shape index (κ2) is 6.40. The quantitative estimate of drug-likeness (QED) is 0.448. The largest absolute Gasteiger partial charge is 0.318 e. The fourth-order valence-corrected chi connectivity index (χ4v) is 1.15. The van der Waals surface area contributed by atoms with Crippen molar-refractivity contribution in [2.75, 3.05) is 33.2 Å². The average molecular weight is 171 g/mol. The van der Waals surface area contributed by atoms with Crippen LogP contribution in [0, 0.1) is 0 Å². The Morgan fingerprint density at radius 2 is 1.92 bits per heavy atom. The maximum absolute atomic E-state index is 3.49. The number of hydrogen-bond donors (Lipinski definition) is 3. The van der Waals surface area contributed by atoms with Crippen LogP contribution >= 0.6 is 0 Å². The predicted molar refractivity (Wildman–Crippen MR) is 52.4 cm³/mol. The van der Waals surface area contributed by atoms with Crippen LogP contribution in [-0.4, -0.2) is 39.3 Å². The zero-order chi connectivity index (χ0) is 8.65. The molecule has 1 saturated carbocycles. The van der Waals surface area contributed by atoms with Gasteiger partial charge in [-0.05, 0) is 39.4 Å². The van der Waals surface area contributed by atoms with Crippen molar-refractivity contribution in [2.45, 2.75) is 25.3 Å². The van der Waals surface area contributed by atoms with E-state index in [9.17, 15) is 0 Å². The number of nitrogens with one attached hydrogen (secondary N) is 3. The Morgan fingerprint density at radius 3 is 2.58 bits per heavy atom. The van der Waals surface area contributed by atoms with Gasteiger partial charge in [0.15, 0.2) is 0 Å². The molecule has 72 valence electrons. The number of likely N-dealkylation sites (N-methyl/N-ethyl adjacent to an activating group) is 1. The summed E-state index contributed by atoms with van der Waals surface area (Å²) in [4.78, 5) is 0. The van der Waals surface area contributed by atoms with Gasteiger partial charge in [0.25, 0.3) is 0 Å². The number of rotatable bonds is 8. The molecule has 12 heavy (non-hydrogen) atoms. The van der Waals surface area contributed by atoms with Crippen molar-refractivity contribution in [2.24, 2.45) is 0 Å². The summed E-state index contributed by atoms with van der Waals surface area (Å²) in [6.45, 7) is 4.47. The molecule has 0 aliphatic heterocycles. The van der Waals surface area contributed by atoms with Crippen molar-refractivity contribution in [1.82, 2.24) is 16.0 Å². The summed E-state index contributed by atoms with van der Waals surface area (Å²) in [5.41, 5.74) is 0. The Kier molecular flexibility index (Phi) is 5.32. The Hall–Kier alpha value is -0.120. The third kappa shape index (κ3) is 5.52. The lowest BCUT2D eigenvalue weighted by Gasteiger charge is -2.04. The van der Waals surface area contributed by atoms with E-state index in [0.29, 0.717) is 0 Å². The molecular weight excluding hydrogens is 150 g/mol. The van der Waals surface area contributed by atoms with Gasteiger partial charge in [-0.1, -0.05) is 0 Å². The van der Waals surface area contributed by atoms with Gasteiger partial charge in [-0.25, -0.2) is 0 Å². The zero-order valence-corrected chi connectivity index (χ0v) is 8.03. The van der Waals surface area contributed by atoms with E-state index < -0.39 is 0 Å². The summed E-state index contributed by atoms with van der Waals surface area (Å²) < 4.78 is 0. The second-order valence-corrected chi connectivity index (χ2v) is 3.44. The summed E-state index contributed by atoms with van der Waals surface area (Å²) in [7, 11) is 1.98. The van der Waals surface area contributed by atoms with E-state index in [1.165, 1.54) is 25.8 Å². The summed E-state index contributed by atoms with van der Waals surface area (Å²) in [6.07, 6.45) is 4.04. The highest BCUT2D eigenvalue weighted by molar-refractivity contribution is 4.80. The van der Waals surface area contributed by atoms with Crippen LogP contribution in [0.15, 0.2) is 0 Å². The maximum Gasteiger partial charge on any atom is 0.00766 e. The molecule has 0 aromatic rings. The molecule has 3 N–H and O–H groups in total. The van der Waals surface area contributed by atoms with Gasteiger partial charge in [-0.2, -0.15) is 0 Å². The van der Waals surface area contributed by atoms with Gasteiger partial charge in [-0.15, -0.1) is 0 Å². The normalized spacial score (nSPS) is 16.8. The Morgan fingerprint density at radius 1 is 1.08 bits per heavy atom. The lowest BCUT2D eigenvalue weighted by Crippen LogP contribution is -2.28. The van der Waals surface area contributed by atoms with Crippen LogP contribution in [0.3, 0.4) is 0 Å². The molecule has 1 aliphatic carbocycles. The molecule has 1 aliphatic rings. The monoisotopic (exact) mass is 171 g/mol. The van der Waals surface area contributed by atoms with Crippen LogP contribution in [0.2, 0.25) is 0 Å². The van der Waals surface area contributed by atoms with Crippen molar-refractivity contribution < 1.29 is 0 Å². The van der Waals surface area contributed by atoms with Gasteiger partial charge in [0.1, 0.15) is 0 Å². The van der Waals surface area contributed by atoms with E-state index >= 15 is 0 Å². The first-order valence-corrected chi connectivity index (χ1v) is 5.02. The van der Waals surface area contributed by atoms with Gasteiger partial charge in [0, 0.05) is 19.1 Å². The van der Waals surface area contributed by atoms with Crippen molar-refractivity contribution in [3.8, 4) is 0 Å². The SMILES string of the molecule is CNCCNCCCNC1CC1. The molecule has 0 saturated heterocycles. The fraction of sp³-hybridized carbons (Fsp3) is 1.00. The summed E-state index contributed by atoms with van der Waals surface area (Å²) in [5.74, 6) is 0. The first-order valence-electron chi connectivity index (χ1n) is 5.02. The van der Waals surface area contributed by atoms with E-state index in [1.807, 2.05) is 7.05 Å². The third-order valence-electron chi connectivity index (χ3n) is 2.09. The molecule has 0 heterocycles. The van der Waals surface area contributed by atoms with Crippen molar-refractivity contribution in [3.05, 3.63) is 0 Å². The molecule has 0 spiro atoms. The standard InChI is InChI=1S/C9H21N3/c1-10-7-8-11-5-2-6-12-9-3-4-9/h9-12H,2-8H2,1H3. The molecule has 1 fully saturated rings. The average Bonchev–Trinajstić information content (AvgIpc) is 2.87. The first-order chi connectivity index (χ1) is 5.93. The molecule has 0 bridgehead atoms. The zero-order valence-electron chi connectivity index (χ0n) is 8.03. The van der Waals surface area contributed by atoms with Crippen LogP contribution in [-0.2, 0) is 0 Å². The molecule has 1 rings (SSSR count). The molecule has 0 aromatic carbocycles. The predicted octanol–water partition coefficient (Wildman–Crippen LogP) is -0.0625. The first kappa shape index (κ1) is 9.96. The molecule has 0 aromatic heterocycles. The topological polar surface area (TPSA) is 36.1 Å². The summed E-state index contributed by atoms with van der Waals surface area (Å²) >= 11 is 0. The molecule has 0 amide bonds. The van der Waals surface area contributed by atoms with Crippen LogP contribution < -0.4 is 16.0 Å². The molecule has 0 atom stereocenters. The van der Waals surface area contributed by atoms with Gasteiger partial charge in [0.05, 0.1) is 0 Å². The molecular formula is C9H21N3. The highest BCUT2D eigenvalue weighted by Crippen LogP contribution is 2.17. The van der Waals surface area contributed by atoms with Crippen LogP contribution in [0.5, 0.6) is 0 Å². The van der Waals surface area contributed by atoms with Crippen molar-refractivity contribution in [3.63, 3.8) is 0 Å². The van der Waals surface area contributed by atoms with E-state index in [4.69, 9.17) is 0 Å².